The molecule has 0 unspecified atom stereocenters. The summed E-state index contributed by atoms with van der Waals surface area (Å²) < 4.78 is 47.6. The standard InChI is InChI=1S/C13H8F3N3O2/c1-7-4-5-20-10(7)12-18-11(19-21-12)9-3-2-8(6-17-9)13(14,15)16/h2-6H,1H3. The maximum atomic E-state index is 12.5. The van der Waals surface area contributed by atoms with Gasteiger partial charge in [-0.1, -0.05) is 5.16 Å². The molecule has 0 aliphatic rings. The molecule has 0 bridgehead atoms. The van der Waals surface area contributed by atoms with E-state index in [2.05, 4.69) is 15.1 Å². The predicted molar refractivity (Wildman–Crippen MR) is 65.0 cm³/mol. The highest BCUT2D eigenvalue weighted by Crippen LogP contribution is 2.30. The van der Waals surface area contributed by atoms with Gasteiger partial charge in [0, 0.05) is 11.8 Å². The monoisotopic (exact) mass is 295 g/mol. The Labute approximate surface area is 116 Å². The van der Waals surface area contributed by atoms with E-state index in [0.29, 0.717) is 5.76 Å². The normalized spacial score (nSPS) is 11.8. The van der Waals surface area contributed by atoms with Gasteiger partial charge in [-0.2, -0.15) is 18.2 Å². The van der Waals surface area contributed by atoms with E-state index in [1.165, 1.54) is 12.3 Å². The maximum absolute atomic E-state index is 12.5. The Balaban J connectivity index is 1.92. The van der Waals surface area contributed by atoms with Gasteiger partial charge in [0.25, 0.3) is 5.89 Å². The second-order valence-electron chi connectivity index (χ2n) is 4.29. The molecule has 3 aromatic heterocycles. The molecule has 0 saturated heterocycles. The molecule has 21 heavy (non-hydrogen) atoms. The second kappa shape index (κ2) is 4.72. The van der Waals surface area contributed by atoms with Crippen molar-refractivity contribution in [3.8, 4) is 23.2 Å². The lowest BCUT2D eigenvalue weighted by molar-refractivity contribution is -0.137. The van der Waals surface area contributed by atoms with Crippen molar-refractivity contribution in [2.24, 2.45) is 0 Å². The van der Waals surface area contributed by atoms with E-state index in [0.717, 1.165) is 17.8 Å². The summed E-state index contributed by atoms with van der Waals surface area (Å²) in [6.45, 7) is 1.80. The number of hydrogen-bond acceptors (Lipinski definition) is 5. The highest BCUT2D eigenvalue weighted by molar-refractivity contribution is 5.55. The van der Waals surface area contributed by atoms with Crippen molar-refractivity contribution in [1.29, 1.82) is 0 Å². The van der Waals surface area contributed by atoms with E-state index in [9.17, 15) is 13.2 Å². The first-order valence-corrected chi connectivity index (χ1v) is 5.87. The summed E-state index contributed by atoms with van der Waals surface area (Å²) in [4.78, 5) is 7.76. The van der Waals surface area contributed by atoms with Gasteiger partial charge < -0.3 is 8.94 Å². The van der Waals surface area contributed by atoms with Crippen LogP contribution in [-0.2, 0) is 6.18 Å². The Bertz CT molecular complexity index is 760. The third kappa shape index (κ3) is 2.51. The van der Waals surface area contributed by atoms with E-state index in [1.807, 2.05) is 0 Å². The molecule has 3 rings (SSSR count). The van der Waals surface area contributed by atoms with Gasteiger partial charge in [0.15, 0.2) is 5.76 Å². The van der Waals surface area contributed by atoms with E-state index >= 15 is 0 Å². The molecule has 0 aliphatic heterocycles. The molecule has 8 heteroatoms. The zero-order chi connectivity index (χ0) is 15.0. The smallest absolute Gasteiger partial charge is 0.417 e. The second-order valence-corrected chi connectivity index (χ2v) is 4.29. The fourth-order valence-electron chi connectivity index (χ4n) is 1.71. The number of rotatable bonds is 2. The number of aryl methyl sites for hydroxylation is 1. The number of pyridine rings is 1. The molecule has 0 atom stereocenters. The van der Waals surface area contributed by atoms with Crippen LogP contribution in [0.2, 0.25) is 0 Å². The number of alkyl halides is 3. The van der Waals surface area contributed by atoms with Crippen LogP contribution in [0.25, 0.3) is 23.2 Å². The molecule has 3 aromatic rings. The van der Waals surface area contributed by atoms with Gasteiger partial charge in [0.2, 0.25) is 5.82 Å². The summed E-state index contributed by atoms with van der Waals surface area (Å²) in [5, 5.41) is 3.69. The van der Waals surface area contributed by atoms with Gasteiger partial charge in [0.05, 0.1) is 11.8 Å². The van der Waals surface area contributed by atoms with Crippen molar-refractivity contribution in [3.63, 3.8) is 0 Å². The van der Waals surface area contributed by atoms with Gasteiger partial charge >= 0.3 is 6.18 Å². The van der Waals surface area contributed by atoms with Crippen LogP contribution < -0.4 is 0 Å². The van der Waals surface area contributed by atoms with Crippen LogP contribution >= 0.6 is 0 Å². The highest BCUT2D eigenvalue weighted by Gasteiger charge is 2.30. The molecule has 5 nitrogen and oxygen atoms in total. The molecule has 108 valence electrons. The minimum absolute atomic E-state index is 0.0922. The first-order chi connectivity index (χ1) is 9.95. The minimum atomic E-state index is -4.43. The van der Waals surface area contributed by atoms with Crippen molar-refractivity contribution in [3.05, 3.63) is 41.8 Å². The van der Waals surface area contributed by atoms with Crippen LogP contribution in [0.15, 0.2) is 39.6 Å². The molecule has 0 saturated carbocycles. The summed E-state index contributed by atoms with van der Waals surface area (Å²) in [6, 6.07) is 3.83. The molecular formula is C13H8F3N3O2. The molecule has 3 heterocycles. The lowest BCUT2D eigenvalue weighted by Gasteiger charge is -2.05. The minimum Gasteiger partial charge on any atom is -0.459 e. The summed E-state index contributed by atoms with van der Waals surface area (Å²) in [6.07, 6.45) is -2.23. The van der Waals surface area contributed by atoms with Gasteiger partial charge in [-0.3, -0.25) is 4.98 Å². The van der Waals surface area contributed by atoms with Crippen LogP contribution in [-0.4, -0.2) is 15.1 Å². The zero-order valence-electron chi connectivity index (χ0n) is 10.7. The first-order valence-electron chi connectivity index (χ1n) is 5.87. The largest absolute Gasteiger partial charge is 0.459 e. The first kappa shape index (κ1) is 13.3. The van der Waals surface area contributed by atoms with Gasteiger partial charge in [-0.25, -0.2) is 0 Å². The summed E-state index contributed by atoms with van der Waals surface area (Å²) in [5.41, 5.74) is 0.157. The van der Waals surface area contributed by atoms with Crippen LogP contribution in [0.5, 0.6) is 0 Å². The average Bonchev–Trinajstić information content (AvgIpc) is 3.06. The van der Waals surface area contributed by atoms with Crippen LogP contribution in [0.3, 0.4) is 0 Å². The summed E-state index contributed by atoms with van der Waals surface area (Å²) in [7, 11) is 0. The van der Waals surface area contributed by atoms with E-state index in [-0.39, 0.29) is 17.4 Å². The average molecular weight is 295 g/mol. The van der Waals surface area contributed by atoms with Crippen LogP contribution in [0.4, 0.5) is 13.2 Å². The van der Waals surface area contributed by atoms with Crippen molar-refractivity contribution in [2.75, 3.05) is 0 Å². The molecule has 0 aromatic carbocycles. The number of nitrogens with zero attached hydrogens (tertiary/aromatic N) is 3. The summed E-state index contributed by atoms with van der Waals surface area (Å²) >= 11 is 0. The third-order valence-corrected chi connectivity index (χ3v) is 2.80. The summed E-state index contributed by atoms with van der Waals surface area (Å²) in [5.74, 6) is 0.657. The molecule has 0 amide bonds. The Morgan fingerprint density at radius 3 is 2.52 bits per heavy atom. The third-order valence-electron chi connectivity index (χ3n) is 2.80. The number of hydrogen-bond donors (Lipinski definition) is 0. The lowest BCUT2D eigenvalue weighted by Crippen LogP contribution is -2.05. The van der Waals surface area contributed by atoms with E-state index in [1.54, 1.807) is 13.0 Å². The van der Waals surface area contributed by atoms with Crippen LogP contribution in [0.1, 0.15) is 11.1 Å². The number of aromatic nitrogens is 3. The molecule has 0 spiro atoms. The zero-order valence-corrected chi connectivity index (χ0v) is 10.7. The Kier molecular flexibility index (Phi) is 3.00. The van der Waals surface area contributed by atoms with Gasteiger partial charge in [-0.15, -0.1) is 0 Å². The van der Waals surface area contributed by atoms with E-state index in [4.69, 9.17) is 8.94 Å². The van der Waals surface area contributed by atoms with Crippen molar-refractivity contribution in [1.82, 2.24) is 15.1 Å². The molecule has 0 N–H and O–H groups in total. The molecule has 0 radical (unpaired) electrons. The van der Waals surface area contributed by atoms with Gasteiger partial charge in [-0.05, 0) is 25.1 Å². The quantitative estimate of drug-likeness (QED) is 0.721. The number of halogens is 3. The number of furan rings is 1. The van der Waals surface area contributed by atoms with E-state index < -0.39 is 11.7 Å². The Morgan fingerprint density at radius 1 is 1.14 bits per heavy atom. The molecular weight excluding hydrogens is 287 g/mol. The lowest BCUT2D eigenvalue weighted by atomic mass is 10.2. The topological polar surface area (TPSA) is 65.0 Å². The fraction of sp³-hybridized carbons (Fsp3) is 0.154. The molecule has 0 aliphatic carbocycles. The highest BCUT2D eigenvalue weighted by atomic mass is 19.4. The SMILES string of the molecule is Cc1ccoc1-c1nc(-c2ccc(C(F)(F)F)cn2)no1. The predicted octanol–water partition coefficient (Wildman–Crippen LogP) is 3.72. The molecule has 0 fully saturated rings. The van der Waals surface area contributed by atoms with Crippen molar-refractivity contribution in [2.45, 2.75) is 13.1 Å². The van der Waals surface area contributed by atoms with Crippen molar-refractivity contribution >= 4 is 0 Å². The van der Waals surface area contributed by atoms with Gasteiger partial charge in [0.1, 0.15) is 5.69 Å². The Morgan fingerprint density at radius 2 is 1.95 bits per heavy atom. The fourth-order valence-corrected chi connectivity index (χ4v) is 1.71. The van der Waals surface area contributed by atoms with Crippen LogP contribution in [0, 0.1) is 6.92 Å². The van der Waals surface area contributed by atoms with Crippen molar-refractivity contribution < 1.29 is 22.1 Å². The Hall–Kier alpha value is -2.64. The maximum Gasteiger partial charge on any atom is 0.417 e.